The number of benzene rings is 1. The predicted octanol–water partition coefficient (Wildman–Crippen LogP) is 3.00. The van der Waals surface area contributed by atoms with Crippen LogP contribution in [0.15, 0.2) is 18.3 Å². The highest BCUT2D eigenvalue weighted by molar-refractivity contribution is 7.11. The van der Waals surface area contributed by atoms with Crippen molar-refractivity contribution < 1.29 is 13.2 Å². The van der Waals surface area contributed by atoms with Gasteiger partial charge < -0.3 is 15.2 Å². The Balaban J connectivity index is 1.81. The van der Waals surface area contributed by atoms with Gasteiger partial charge in [-0.2, -0.15) is 0 Å². The van der Waals surface area contributed by atoms with Gasteiger partial charge in [0.15, 0.2) is 11.6 Å². The highest BCUT2D eigenvalue weighted by Crippen LogP contribution is 2.29. The van der Waals surface area contributed by atoms with E-state index in [0.717, 1.165) is 22.0 Å². The summed E-state index contributed by atoms with van der Waals surface area (Å²) < 4.78 is 43.0. The Morgan fingerprint density at radius 3 is 2.77 bits per heavy atom. The smallest absolute Gasteiger partial charge is 0.207 e. The lowest BCUT2D eigenvalue weighted by Gasteiger charge is -2.34. The molecule has 3 heterocycles. The van der Waals surface area contributed by atoms with E-state index in [9.17, 15) is 13.2 Å². The monoisotopic (exact) mass is 381 g/mol. The first-order valence-corrected chi connectivity index (χ1v) is 9.15. The lowest BCUT2D eigenvalue weighted by atomic mass is 10.1. The van der Waals surface area contributed by atoms with Crippen molar-refractivity contribution in [3.63, 3.8) is 0 Å². The minimum atomic E-state index is -1.06. The number of nitrogens with two attached hydrogens (primary N) is 1. The average molecular weight is 381 g/mol. The molecule has 138 valence electrons. The molecule has 3 aromatic rings. The van der Waals surface area contributed by atoms with Crippen molar-refractivity contribution in [2.75, 3.05) is 18.0 Å². The number of hydrogen-bond donors (Lipinski definition) is 1. The molecule has 1 unspecified atom stereocenters. The van der Waals surface area contributed by atoms with Gasteiger partial charge >= 0.3 is 0 Å². The van der Waals surface area contributed by atoms with Crippen LogP contribution in [0.1, 0.15) is 16.3 Å². The second kappa shape index (κ2) is 6.55. The van der Waals surface area contributed by atoms with E-state index in [-0.39, 0.29) is 0 Å². The van der Waals surface area contributed by atoms with Crippen LogP contribution in [0.2, 0.25) is 0 Å². The number of hydrogen-bond acceptors (Lipinski definition) is 5. The lowest BCUT2D eigenvalue weighted by Crippen LogP contribution is -2.50. The molecule has 4 rings (SSSR count). The summed E-state index contributed by atoms with van der Waals surface area (Å²) in [5.74, 6) is -1.35. The predicted molar refractivity (Wildman–Crippen MR) is 95.3 cm³/mol. The maximum atomic E-state index is 13.8. The van der Waals surface area contributed by atoms with Crippen molar-refractivity contribution in [2.24, 2.45) is 5.73 Å². The fourth-order valence-electron chi connectivity index (χ4n) is 3.25. The van der Waals surface area contributed by atoms with Gasteiger partial charge in [0.2, 0.25) is 5.95 Å². The second-order valence-corrected chi connectivity index (χ2v) is 7.85. The summed E-state index contributed by atoms with van der Waals surface area (Å²) >= 11 is 1.53. The third kappa shape index (κ3) is 3.05. The molecule has 1 saturated heterocycles. The summed E-state index contributed by atoms with van der Waals surface area (Å²) in [6.45, 7) is 3.07. The van der Waals surface area contributed by atoms with Gasteiger partial charge in [-0.05, 0) is 13.3 Å². The molecule has 0 bridgehead atoms. The number of thiazole rings is 1. The van der Waals surface area contributed by atoms with Crippen molar-refractivity contribution in [2.45, 2.75) is 32.1 Å². The van der Waals surface area contributed by atoms with E-state index in [2.05, 4.69) is 9.97 Å². The molecule has 26 heavy (non-hydrogen) atoms. The Morgan fingerprint density at radius 1 is 1.31 bits per heavy atom. The van der Waals surface area contributed by atoms with E-state index >= 15 is 0 Å². The van der Waals surface area contributed by atoms with Crippen LogP contribution in [0.5, 0.6) is 0 Å². The molecule has 5 nitrogen and oxygen atoms in total. The van der Waals surface area contributed by atoms with Crippen LogP contribution in [0, 0.1) is 18.6 Å². The Labute approximate surface area is 152 Å². The lowest BCUT2D eigenvalue weighted by molar-refractivity contribution is 0.243. The van der Waals surface area contributed by atoms with Gasteiger partial charge in [0.25, 0.3) is 0 Å². The molecule has 9 heteroatoms. The van der Waals surface area contributed by atoms with Crippen LogP contribution in [-0.2, 0) is 6.54 Å². The van der Waals surface area contributed by atoms with Gasteiger partial charge in [-0.3, -0.25) is 0 Å². The molecule has 2 N–H and O–H groups in total. The summed E-state index contributed by atoms with van der Waals surface area (Å²) in [5, 5.41) is 0.831. The summed E-state index contributed by atoms with van der Waals surface area (Å²) in [5.41, 5.74) is 6.70. The van der Waals surface area contributed by atoms with Gasteiger partial charge in [0.05, 0.1) is 23.6 Å². The van der Waals surface area contributed by atoms with E-state index < -0.39 is 23.8 Å². The zero-order valence-electron chi connectivity index (χ0n) is 14.1. The molecule has 1 fully saturated rings. The maximum Gasteiger partial charge on any atom is 0.207 e. The van der Waals surface area contributed by atoms with Gasteiger partial charge in [-0.15, -0.1) is 11.3 Å². The molecule has 1 aliphatic heterocycles. The Kier molecular flexibility index (Phi) is 4.36. The minimum absolute atomic E-state index is 0.295. The first-order valence-electron chi connectivity index (χ1n) is 8.33. The molecular formula is C17H18F3N5S. The molecule has 1 aliphatic rings. The molecule has 2 atom stereocenters. The van der Waals surface area contributed by atoms with Crippen LogP contribution < -0.4 is 10.6 Å². The van der Waals surface area contributed by atoms with E-state index in [4.69, 9.17) is 5.73 Å². The topological polar surface area (TPSA) is 60.0 Å². The highest BCUT2D eigenvalue weighted by Gasteiger charge is 2.29. The fourth-order valence-corrected chi connectivity index (χ4v) is 4.03. The molecule has 1 aromatic carbocycles. The van der Waals surface area contributed by atoms with Crippen molar-refractivity contribution in [3.8, 4) is 0 Å². The fraction of sp³-hybridized carbons (Fsp3) is 0.412. The normalized spacial score (nSPS) is 20.9. The van der Waals surface area contributed by atoms with Gasteiger partial charge in [0, 0.05) is 36.3 Å². The molecule has 0 saturated carbocycles. The summed E-state index contributed by atoms with van der Waals surface area (Å²) in [6, 6.07) is 1.61. The van der Waals surface area contributed by atoms with E-state index in [1.165, 1.54) is 11.3 Å². The van der Waals surface area contributed by atoms with E-state index in [1.807, 2.05) is 11.8 Å². The molecular weight excluding hydrogens is 363 g/mol. The number of piperidine rings is 1. The summed E-state index contributed by atoms with van der Waals surface area (Å²) in [6.07, 6.45) is 1.01. The van der Waals surface area contributed by atoms with Crippen LogP contribution in [0.25, 0.3) is 11.0 Å². The van der Waals surface area contributed by atoms with Gasteiger partial charge in [-0.25, -0.2) is 23.1 Å². The number of aryl methyl sites for hydroxylation is 1. The SMILES string of the molecule is Cc1cnc(Cn2c(N3CCC(F)[C@H](N)C3)nc3cc(F)c(F)cc32)s1. The van der Waals surface area contributed by atoms with Crippen LogP contribution in [-0.4, -0.2) is 39.8 Å². The Bertz CT molecular complexity index is 953. The van der Waals surface area contributed by atoms with E-state index in [1.54, 1.807) is 10.8 Å². The van der Waals surface area contributed by atoms with E-state index in [0.29, 0.717) is 43.0 Å². The standard InChI is InChI=1S/C17H18F3N5S/c1-9-6-22-16(26-9)8-25-15-5-12(20)11(19)4-14(15)23-17(25)24-3-2-10(18)13(21)7-24/h4-6,10,13H,2-3,7-8,21H2,1H3/t10?,13-/m1/s1. The number of anilines is 1. The molecule has 0 amide bonds. The van der Waals surface area contributed by atoms with Crippen molar-refractivity contribution >= 4 is 28.3 Å². The molecule has 0 aliphatic carbocycles. The molecule has 0 radical (unpaired) electrons. The maximum absolute atomic E-state index is 13.8. The number of aromatic nitrogens is 3. The van der Waals surface area contributed by atoms with Crippen LogP contribution in [0.4, 0.5) is 19.1 Å². The number of fused-ring (bicyclic) bond motifs is 1. The van der Waals surface area contributed by atoms with Crippen LogP contribution in [0.3, 0.4) is 0 Å². The number of halogens is 3. The Hall–Kier alpha value is -2.13. The molecule has 0 spiro atoms. The third-order valence-electron chi connectivity index (χ3n) is 4.59. The summed E-state index contributed by atoms with van der Waals surface area (Å²) in [7, 11) is 0. The van der Waals surface area contributed by atoms with Crippen molar-refractivity contribution in [1.29, 1.82) is 0 Å². The average Bonchev–Trinajstić information content (AvgIpc) is 3.15. The van der Waals surface area contributed by atoms with Crippen molar-refractivity contribution in [3.05, 3.63) is 39.8 Å². The third-order valence-corrected chi connectivity index (χ3v) is 5.48. The van der Waals surface area contributed by atoms with Gasteiger partial charge in [0.1, 0.15) is 11.2 Å². The first kappa shape index (κ1) is 17.3. The van der Waals surface area contributed by atoms with Crippen LogP contribution >= 0.6 is 11.3 Å². The Morgan fingerprint density at radius 2 is 2.08 bits per heavy atom. The number of alkyl halides is 1. The number of rotatable bonds is 3. The highest BCUT2D eigenvalue weighted by atomic mass is 32.1. The first-order chi connectivity index (χ1) is 12.4. The second-order valence-electron chi connectivity index (χ2n) is 6.53. The largest absolute Gasteiger partial charge is 0.340 e. The summed E-state index contributed by atoms with van der Waals surface area (Å²) in [4.78, 5) is 11.8. The molecule has 2 aromatic heterocycles. The minimum Gasteiger partial charge on any atom is -0.340 e. The zero-order valence-corrected chi connectivity index (χ0v) is 14.9. The number of imidazole rings is 1. The number of nitrogens with zero attached hydrogens (tertiary/aromatic N) is 4. The van der Waals surface area contributed by atoms with Gasteiger partial charge in [-0.1, -0.05) is 0 Å². The van der Waals surface area contributed by atoms with Crippen molar-refractivity contribution in [1.82, 2.24) is 14.5 Å². The zero-order chi connectivity index (χ0) is 18.4. The quantitative estimate of drug-likeness (QED) is 0.758.